The molecule has 1 aliphatic heterocycles. The molecule has 16 heavy (non-hydrogen) atoms. The summed E-state index contributed by atoms with van der Waals surface area (Å²) in [5.74, 6) is 0.500. The Morgan fingerprint density at radius 3 is 2.81 bits per heavy atom. The zero-order valence-corrected chi connectivity index (χ0v) is 9.48. The summed E-state index contributed by atoms with van der Waals surface area (Å²) >= 11 is 0. The molecule has 0 atom stereocenters. The van der Waals surface area contributed by atoms with E-state index in [9.17, 15) is 4.79 Å². The highest BCUT2D eigenvalue weighted by atomic mass is 16.5. The summed E-state index contributed by atoms with van der Waals surface area (Å²) < 4.78 is 5.55. The Hall–Kier alpha value is -1.10. The molecule has 2 aliphatic carbocycles. The van der Waals surface area contributed by atoms with Gasteiger partial charge >= 0.3 is 6.03 Å². The summed E-state index contributed by atoms with van der Waals surface area (Å²) in [6, 6.07) is 0.231. The van der Waals surface area contributed by atoms with E-state index in [-0.39, 0.29) is 17.7 Å². The van der Waals surface area contributed by atoms with Gasteiger partial charge in [0.1, 0.15) is 11.4 Å². The lowest BCUT2D eigenvalue weighted by Gasteiger charge is -2.49. The van der Waals surface area contributed by atoms with Gasteiger partial charge < -0.3 is 15.4 Å². The molecule has 0 aromatic rings. The van der Waals surface area contributed by atoms with Crippen molar-refractivity contribution in [2.24, 2.45) is 10.7 Å². The smallest absolute Gasteiger partial charge is 0.346 e. The van der Waals surface area contributed by atoms with E-state index in [1.807, 2.05) is 11.8 Å². The summed E-state index contributed by atoms with van der Waals surface area (Å²) in [5, 5.41) is 0. The van der Waals surface area contributed by atoms with Gasteiger partial charge in [0, 0.05) is 25.5 Å². The predicted octanol–water partition coefficient (Wildman–Crippen LogP) is 0.879. The molecule has 5 heteroatoms. The molecule has 0 aromatic heterocycles. The molecule has 1 spiro atoms. The van der Waals surface area contributed by atoms with Gasteiger partial charge in [0.15, 0.2) is 0 Å². The van der Waals surface area contributed by atoms with Gasteiger partial charge in [0.05, 0.1) is 6.10 Å². The van der Waals surface area contributed by atoms with Crippen molar-refractivity contribution < 1.29 is 9.53 Å². The van der Waals surface area contributed by atoms with E-state index >= 15 is 0 Å². The molecule has 2 saturated carbocycles. The van der Waals surface area contributed by atoms with E-state index in [2.05, 4.69) is 4.99 Å². The highest BCUT2D eigenvalue weighted by Crippen LogP contribution is 2.48. The van der Waals surface area contributed by atoms with E-state index in [4.69, 9.17) is 10.5 Å². The zero-order chi connectivity index (χ0) is 11.3. The molecule has 3 rings (SSSR count). The summed E-state index contributed by atoms with van der Waals surface area (Å²) in [6.45, 7) is 2.70. The second-order valence-corrected chi connectivity index (χ2v) is 4.90. The van der Waals surface area contributed by atoms with Crippen molar-refractivity contribution in [3.05, 3.63) is 0 Å². The van der Waals surface area contributed by atoms with E-state index < -0.39 is 0 Å². The van der Waals surface area contributed by atoms with Crippen LogP contribution in [-0.4, -0.2) is 41.1 Å². The minimum absolute atomic E-state index is 0.144. The molecule has 0 saturated heterocycles. The van der Waals surface area contributed by atoms with Crippen molar-refractivity contribution in [2.75, 3.05) is 6.61 Å². The maximum Gasteiger partial charge on any atom is 0.346 e. The minimum atomic E-state index is -0.294. The van der Waals surface area contributed by atoms with Gasteiger partial charge in [-0.1, -0.05) is 0 Å². The maximum atomic E-state index is 11.8. The Balaban J connectivity index is 1.78. The third kappa shape index (κ3) is 1.21. The quantitative estimate of drug-likeness (QED) is 0.772. The number of ether oxygens (including phenoxy) is 1. The summed E-state index contributed by atoms with van der Waals surface area (Å²) in [5.41, 5.74) is 5.62. The van der Waals surface area contributed by atoms with Gasteiger partial charge in [-0.15, -0.1) is 0 Å². The average Bonchev–Trinajstić information content (AvgIpc) is 2.94. The molecule has 3 aliphatic rings. The normalized spacial score (nSPS) is 37.8. The lowest BCUT2D eigenvalue weighted by molar-refractivity contribution is -0.0568. The van der Waals surface area contributed by atoms with Gasteiger partial charge in [-0.25, -0.2) is 4.79 Å². The summed E-state index contributed by atoms with van der Waals surface area (Å²) in [4.78, 5) is 17.6. The van der Waals surface area contributed by atoms with Crippen LogP contribution in [0.1, 0.15) is 32.6 Å². The molecule has 88 valence electrons. The molecular weight excluding hydrogens is 206 g/mol. The Morgan fingerprint density at radius 1 is 1.56 bits per heavy atom. The van der Waals surface area contributed by atoms with Crippen LogP contribution >= 0.6 is 0 Å². The molecule has 5 nitrogen and oxygen atoms in total. The van der Waals surface area contributed by atoms with Crippen LogP contribution < -0.4 is 5.73 Å². The fourth-order valence-electron chi connectivity index (χ4n) is 2.86. The number of aliphatic imine (C=N–C) groups is 1. The molecule has 0 radical (unpaired) electrons. The van der Waals surface area contributed by atoms with E-state index in [0.29, 0.717) is 11.9 Å². The minimum Gasteiger partial charge on any atom is -0.385 e. The highest BCUT2D eigenvalue weighted by molar-refractivity contribution is 6.06. The van der Waals surface area contributed by atoms with Gasteiger partial charge in [-0.05, 0) is 19.8 Å². The molecule has 1 heterocycles. The van der Waals surface area contributed by atoms with E-state index in [1.54, 1.807) is 0 Å². The van der Waals surface area contributed by atoms with E-state index in [1.165, 1.54) is 0 Å². The van der Waals surface area contributed by atoms with Crippen LogP contribution in [0.4, 0.5) is 4.79 Å². The van der Waals surface area contributed by atoms with Crippen molar-refractivity contribution in [2.45, 2.75) is 50.3 Å². The number of carbonyl (C=O) groups is 1. The number of amidine groups is 1. The SMILES string of the molecule is CCOC1CC2(C1)C(N)=NC(=O)N2C1CC1. The van der Waals surface area contributed by atoms with Crippen LogP contribution in [0.15, 0.2) is 4.99 Å². The maximum absolute atomic E-state index is 11.8. The lowest BCUT2D eigenvalue weighted by atomic mass is 9.72. The first-order chi connectivity index (χ1) is 7.67. The fraction of sp³-hybridized carbons (Fsp3) is 0.818. The van der Waals surface area contributed by atoms with Gasteiger partial charge in [-0.3, -0.25) is 0 Å². The van der Waals surface area contributed by atoms with Crippen LogP contribution in [-0.2, 0) is 4.74 Å². The van der Waals surface area contributed by atoms with Crippen molar-refractivity contribution in [3.63, 3.8) is 0 Å². The molecule has 2 fully saturated rings. The van der Waals surface area contributed by atoms with Gasteiger partial charge in [-0.2, -0.15) is 4.99 Å². The highest BCUT2D eigenvalue weighted by Gasteiger charge is 2.60. The van der Waals surface area contributed by atoms with E-state index in [0.717, 1.165) is 32.3 Å². The predicted molar refractivity (Wildman–Crippen MR) is 59.3 cm³/mol. The van der Waals surface area contributed by atoms with Crippen molar-refractivity contribution in [3.8, 4) is 0 Å². The van der Waals surface area contributed by atoms with Crippen LogP contribution in [0.3, 0.4) is 0 Å². The monoisotopic (exact) mass is 223 g/mol. The van der Waals surface area contributed by atoms with Crippen LogP contribution in [0.2, 0.25) is 0 Å². The Morgan fingerprint density at radius 2 is 2.25 bits per heavy atom. The fourth-order valence-corrected chi connectivity index (χ4v) is 2.86. The Bertz CT molecular complexity index is 356. The second-order valence-electron chi connectivity index (χ2n) is 4.90. The number of hydrogen-bond acceptors (Lipinski definition) is 3. The number of carbonyl (C=O) groups excluding carboxylic acids is 1. The topological polar surface area (TPSA) is 67.9 Å². The molecule has 2 amide bonds. The zero-order valence-electron chi connectivity index (χ0n) is 9.48. The number of urea groups is 1. The van der Waals surface area contributed by atoms with Crippen molar-refractivity contribution in [1.82, 2.24) is 4.90 Å². The Labute approximate surface area is 94.6 Å². The van der Waals surface area contributed by atoms with Gasteiger partial charge in [0.2, 0.25) is 0 Å². The molecule has 0 aromatic carbocycles. The average molecular weight is 223 g/mol. The summed E-state index contributed by atoms with van der Waals surface area (Å²) in [7, 11) is 0. The van der Waals surface area contributed by atoms with Crippen LogP contribution in [0.25, 0.3) is 0 Å². The summed E-state index contributed by atoms with van der Waals surface area (Å²) in [6.07, 6.45) is 4.06. The molecule has 2 N–H and O–H groups in total. The number of nitrogens with two attached hydrogens (primary N) is 1. The first kappa shape index (κ1) is 10.1. The molecule has 0 bridgehead atoms. The first-order valence-electron chi connectivity index (χ1n) is 5.97. The Kier molecular flexibility index (Phi) is 2.01. The standard InChI is InChI=1S/C11H17N3O2/c1-2-16-8-5-11(6-8)9(12)13-10(15)14(11)7-3-4-7/h7-8H,2-6H2,1H3,(H2,12,13,15). The second kappa shape index (κ2) is 3.20. The molecule has 0 unspecified atom stereocenters. The van der Waals surface area contributed by atoms with Gasteiger partial charge in [0.25, 0.3) is 0 Å². The third-order valence-electron chi connectivity index (χ3n) is 3.81. The first-order valence-corrected chi connectivity index (χ1v) is 5.97. The third-order valence-corrected chi connectivity index (χ3v) is 3.81. The van der Waals surface area contributed by atoms with Crippen molar-refractivity contribution in [1.29, 1.82) is 0 Å². The van der Waals surface area contributed by atoms with Crippen LogP contribution in [0.5, 0.6) is 0 Å². The van der Waals surface area contributed by atoms with Crippen LogP contribution in [0, 0.1) is 0 Å². The number of amides is 2. The number of rotatable bonds is 3. The lowest BCUT2D eigenvalue weighted by Crippen LogP contribution is -2.64. The number of hydrogen-bond donors (Lipinski definition) is 1. The largest absolute Gasteiger partial charge is 0.385 e. The van der Waals surface area contributed by atoms with Crippen molar-refractivity contribution >= 4 is 11.9 Å². The molecular formula is C11H17N3O2. The number of nitrogens with zero attached hydrogens (tertiary/aromatic N) is 2.